The van der Waals surface area contributed by atoms with E-state index in [0.29, 0.717) is 10.4 Å². The number of hydrogen-bond donors (Lipinski definition) is 2. The molecule has 0 radical (unpaired) electrons. The number of carbonyl (C=O) groups is 2. The molecule has 102 valence electrons. The molecule has 1 fully saturated rings. The van der Waals surface area contributed by atoms with Gasteiger partial charge in [0.1, 0.15) is 0 Å². The monoisotopic (exact) mass is 280 g/mol. The second kappa shape index (κ2) is 5.99. The molecule has 0 spiro atoms. The number of hydrogen-bond acceptors (Lipinski definition) is 4. The zero-order chi connectivity index (χ0) is 13.8. The molecule has 5 nitrogen and oxygen atoms in total. The quantitative estimate of drug-likeness (QED) is 0.815. The molecule has 2 heterocycles. The van der Waals surface area contributed by atoms with Crippen molar-refractivity contribution in [3.8, 4) is 0 Å². The Kier molecular flexibility index (Phi) is 4.34. The normalized spacial score (nSPS) is 19.9. The lowest BCUT2D eigenvalue weighted by atomic mass is 10.2. The molecule has 0 saturated carbocycles. The van der Waals surface area contributed by atoms with E-state index in [9.17, 15) is 9.59 Å². The third-order valence-corrected chi connectivity index (χ3v) is 3.96. The van der Waals surface area contributed by atoms with E-state index in [1.165, 1.54) is 17.4 Å². The first-order valence-electron chi connectivity index (χ1n) is 6.04. The third-order valence-electron chi connectivity index (χ3n) is 3.03. The van der Waals surface area contributed by atoms with Crippen molar-refractivity contribution >= 4 is 29.3 Å². The molecule has 1 atom stereocenters. The van der Waals surface area contributed by atoms with Crippen molar-refractivity contribution in [2.75, 3.05) is 20.1 Å². The maximum absolute atomic E-state index is 12.1. The molecule has 0 bridgehead atoms. The Morgan fingerprint density at radius 1 is 1.58 bits per heavy atom. The number of carboxylic acids is 1. The van der Waals surface area contributed by atoms with Gasteiger partial charge in [-0.3, -0.25) is 4.79 Å². The minimum Gasteiger partial charge on any atom is -0.478 e. The van der Waals surface area contributed by atoms with E-state index in [0.717, 1.165) is 25.6 Å². The molecule has 1 amide bonds. The summed E-state index contributed by atoms with van der Waals surface area (Å²) in [4.78, 5) is 25.4. The summed E-state index contributed by atoms with van der Waals surface area (Å²) in [5, 5.41) is 13.4. The second-order valence-electron chi connectivity index (χ2n) is 4.60. The lowest BCUT2D eigenvalue weighted by Crippen LogP contribution is -2.36. The van der Waals surface area contributed by atoms with Crippen molar-refractivity contribution in [3.63, 3.8) is 0 Å². The molecule has 1 aromatic heterocycles. The van der Waals surface area contributed by atoms with Gasteiger partial charge in [-0.15, -0.1) is 11.3 Å². The number of likely N-dealkylation sites (tertiary alicyclic amines) is 1. The Hall–Kier alpha value is -1.66. The van der Waals surface area contributed by atoms with E-state index in [2.05, 4.69) is 10.2 Å². The zero-order valence-corrected chi connectivity index (χ0v) is 11.4. The maximum Gasteiger partial charge on any atom is 0.328 e. The fourth-order valence-electron chi connectivity index (χ4n) is 2.10. The highest BCUT2D eigenvalue weighted by molar-refractivity contribution is 7.12. The second-order valence-corrected chi connectivity index (χ2v) is 5.51. The molecule has 1 aliphatic rings. The SMILES string of the molecule is CN1CCC(NC(=O)c2sccc2C=CC(=O)O)C1. The Labute approximate surface area is 115 Å². The van der Waals surface area contributed by atoms with E-state index in [1.54, 1.807) is 11.4 Å². The van der Waals surface area contributed by atoms with Crippen molar-refractivity contribution in [1.29, 1.82) is 0 Å². The van der Waals surface area contributed by atoms with Crippen molar-refractivity contribution < 1.29 is 14.7 Å². The zero-order valence-electron chi connectivity index (χ0n) is 10.6. The van der Waals surface area contributed by atoms with Crippen LogP contribution in [0.15, 0.2) is 17.5 Å². The summed E-state index contributed by atoms with van der Waals surface area (Å²) >= 11 is 1.32. The van der Waals surface area contributed by atoms with E-state index < -0.39 is 5.97 Å². The first-order valence-corrected chi connectivity index (χ1v) is 6.92. The topological polar surface area (TPSA) is 69.6 Å². The molecule has 1 saturated heterocycles. The van der Waals surface area contributed by atoms with Crippen LogP contribution in [0.25, 0.3) is 6.08 Å². The molecular weight excluding hydrogens is 264 g/mol. The van der Waals surface area contributed by atoms with Gasteiger partial charge in [0.2, 0.25) is 0 Å². The number of nitrogens with zero attached hydrogens (tertiary/aromatic N) is 1. The van der Waals surface area contributed by atoms with Crippen LogP contribution in [-0.4, -0.2) is 48.1 Å². The van der Waals surface area contributed by atoms with E-state index in [-0.39, 0.29) is 11.9 Å². The molecule has 6 heteroatoms. The van der Waals surface area contributed by atoms with Crippen molar-refractivity contribution in [2.45, 2.75) is 12.5 Å². The van der Waals surface area contributed by atoms with Gasteiger partial charge in [0.25, 0.3) is 5.91 Å². The average Bonchev–Trinajstić information content (AvgIpc) is 2.95. The predicted molar refractivity (Wildman–Crippen MR) is 74.4 cm³/mol. The van der Waals surface area contributed by atoms with E-state index >= 15 is 0 Å². The highest BCUT2D eigenvalue weighted by Gasteiger charge is 2.22. The first kappa shape index (κ1) is 13.8. The number of thiophene rings is 1. The maximum atomic E-state index is 12.1. The van der Waals surface area contributed by atoms with Gasteiger partial charge >= 0.3 is 5.97 Å². The van der Waals surface area contributed by atoms with Crippen LogP contribution in [0.1, 0.15) is 21.7 Å². The summed E-state index contributed by atoms with van der Waals surface area (Å²) in [5.74, 6) is -1.14. The molecular formula is C13H16N2O3S. The predicted octanol–water partition coefficient (Wildman–Crippen LogP) is 1.28. The summed E-state index contributed by atoms with van der Waals surface area (Å²) in [5.41, 5.74) is 0.649. The Morgan fingerprint density at radius 3 is 3.00 bits per heavy atom. The molecule has 2 rings (SSSR count). The molecule has 1 aliphatic heterocycles. The van der Waals surface area contributed by atoms with Crippen molar-refractivity contribution in [3.05, 3.63) is 28.0 Å². The number of aliphatic carboxylic acids is 1. The van der Waals surface area contributed by atoms with Gasteiger partial charge in [-0.25, -0.2) is 4.79 Å². The van der Waals surface area contributed by atoms with Crippen LogP contribution in [0.5, 0.6) is 0 Å². The number of amides is 1. The third kappa shape index (κ3) is 3.65. The Morgan fingerprint density at radius 2 is 2.37 bits per heavy atom. The lowest BCUT2D eigenvalue weighted by molar-refractivity contribution is -0.131. The van der Waals surface area contributed by atoms with Gasteiger partial charge in [-0.05, 0) is 43.1 Å². The highest BCUT2D eigenvalue weighted by Crippen LogP contribution is 2.19. The standard InChI is InChI=1S/C13H16N2O3S/c1-15-6-4-10(8-15)14-13(18)12-9(5-7-19-12)2-3-11(16)17/h2-3,5,7,10H,4,6,8H2,1H3,(H,14,18)(H,16,17). The van der Waals surface area contributed by atoms with Crippen LogP contribution in [0.4, 0.5) is 0 Å². The molecule has 19 heavy (non-hydrogen) atoms. The molecule has 1 unspecified atom stereocenters. The van der Waals surface area contributed by atoms with Crippen LogP contribution in [0, 0.1) is 0 Å². The van der Waals surface area contributed by atoms with Crippen molar-refractivity contribution in [2.24, 2.45) is 0 Å². The summed E-state index contributed by atoms with van der Waals surface area (Å²) in [7, 11) is 2.03. The van der Waals surface area contributed by atoms with Gasteiger partial charge in [-0.2, -0.15) is 0 Å². The number of carboxylic acid groups (broad SMARTS) is 1. The molecule has 2 N–H and O–H groups in total. The van der Waals surface area contributed by atoms with Crippen molar-refractivity contribution in [1.82, 2.24) is 10.2 Å². The van der Waals surface area contributed by atoms with E-state index in [4.69, 9.17) is 5.11 Å². The summed E-state index contributed by atoms with van der Waals surface area (Å²) in [6, 6.07) is 1.93. The van der Waals surface area contributed by atoms with Crippen LogP contribution in [0.2, 0.25) is 0 Å². The number of nitrogens with one attached hydrogen (secondary N) is 1. The van der Waals surface area contributed by atoms with Crippen LogP contribution in [0.3, 0.4) is 0 Å². The van der Waals surface area contributed by atoms with Gasteiger partial charge in [0.05, 0.1) is 4.88 Å². The van der Waals surface area contributed by atoms with Gasteiger partial charge in [0, 0.05) is 18.7 Å². The van der Waals surface area contributed by atoms with Crippen LogP contribution >= 0.6 is 11.3 Å². The van der Waals surface area contributed by atoms with Crippen LogP contribution in [-0.2, 0) is 4.79 Å². The van der Waals surface area contributed by atoms with Gasteiger partial charge in [-0.1, -0.05) is 0 Å². The smallest absolute Gasteiger partial charge is 0.328 e. The van der Waals surface area contributed by atoms with E-state index in [1.807, 2.05) is 7.05 Å². The fraction of sp³-hybridized carbons (Fsp3) is 0.385. The van der Waals surface area contributed by atoms with Gasteiger partial charge in [0.15, 0.2) is 0 Å². The summed E-state index contributed by atoms with van der Waals surface area (Å²) < 4.78 is 0. The summed E-state index contributed by atoms with van der Waals surface area (Å²) in [6.07, 6.45) is 3.45. The molecule has 0 aliphatic carbocycles. The fourth-order valence-corrected chi connectivity index (χ4v) is 2.89. The number of likely N-dealkylation sites (N-methyl/N-ethyl adjacent to an activating group) is 1. The molecule has 0 aromatic carbocycles. The van der Waals surface area contributed by atoms with Crippen LogP contribution < -0.4 is 5.32 Å². The minimum atomic E-state index is -1.02. The average molecular weight is 280 g/mol. The molecule has 1 aromatic rings. The Bertz CT molecular complexity index is 510. The lowest BCUT2D eigenvalue weighted by Gasteiger charge is -2.12. The highest BCUT2D eigenvalue weighted by atomic mass is 32.1. The largest absolute Gasteiger partial charge is 0.478 e. The van der Waals surface area contributed by atoms with Gasteiger partial charge < -0.3 is 15.3 Å². The minimum absolute atomic E-state index is 0.125. The first-order chi connectivity index (χ1) is 9.06. The number of carbonyl (C=O) groups excluding carboxylic acids is 1. The summed E-state index contributed by atoms with van der Waals surface area (Å²) in [6.45, 7) is 1.85. The Balaban J connectivity index is 2.03. The number of rotatable bonds is 4.